The Hall–Kier alpha value is -1.56. The van der Waals surface area contributed by atoms with Gasteiger partial charge in [0.15, 0.2) is 0 Å². The van der Waals surface area contributed by atoms with Crippen molar-refractivity contribution >= 4 is 56.7 Å². The number of nitrogens with one attached hydrogen (secondary N) is 1. The third kappa shape index (κ3) is 3.75. The summed E-state index contributed by atoms with van der Waals surface area (Å²) in [5.74, 6) is -1.50. The van der Waals surface area contributed by atoms with Crippen molar-refractivity contribution in [3.8, 4) is 0 Å². The summed E-state index contributed by atoms with van der Waals surface area (Å²) in [6.45, 7) is 0. The molecule has 0 atom stereocenters. The monoisotopic (exact) mass is 387 g/mol. The molecule has 0 unspecified atom stereocenters. The maximum Gasteiger partial charge on any atom is 0.336 e. The number of carbonyl (C=O) groups is 2. The molecule has 0 spiro atoms. The van der Waals surface area contributed by atoms with Crippen LogP contribution in [0.1, 0.15) is 20.7 Å². The summed E-state index contributed by atoms with van der Waals surface area (Å²) < 4.78 is 0.433. The summed E-state index contributed by atoms with van der Waals surface area (Å²) in [7, 11) is 0. The molecular weight excluding hydrogens is 381 g/mol. The van der Waals surface area contributed by atoms with Crippen molar-refractivity contribution in [1.82, 2.24) is 0 Å². The van der Waals surface area contributed by atoms with Crippen LogP contribution in [0, 0.1) is 0 Å². The zero-order chi connectivity index (χ0) is 15.6. The average molecular weight is 389 g/mol. The number of rotatable bonds is 3. The lowest BCUT2D eigenvalue weighted by atomic mass is 10.1. The number of amides is 1. The Balaban J connectivity index is 2.25. The largest absolute Gasteiger partial charge is 0.478 e. The molecule has 1 amide bonds. The van der Waals surface area contributed by atoms with Gasteiger partial charge < -0.3 is 10.4 Å². The second-order valence-electron chi connectivity index (χ2n) is 4.08. The molecule has 2 aromatic carbocycles. The zero-order valence-corrected chi connectivity index (χ0v) is 13.5. The standard InChI is InChI=1S/C14H8BrCl2NO3/c15-10-3-2-8(6-9(10)14(20)21)18-13(19)7-1-4-11(16)12(17)5-7/h1-6H,(H,18,19)(H,20,21). The highest BCUT2D eigenvalue weighted by molar-refractivity contribution is 9.10. The zero-order valence-electron chi connectivity index (χ0n) is 10.4. The van der Waals surface area contributed by atoms with Gasteiger partial charge in [-0.1, -0.05) is 23.2 Å². The second-order valence-corrected chi connectivity index (χ2v) is 5.75. The molecule has 4 nitrogen and oxygen atoms in total. The molecule has 108 valence electrons. The predicted octanol–water partition coefficient (Wildman–Crippen LogP) is 4.71. The van der Waals surface area contributed by atoms with E-state index in [0.29, 0.717) is 20.7 Å². The Morgan fingerprint density at radius 3 is 2.38 bits per heavy atom. The predicted molar refractivity (Wildman–Crippen MR) is 85.5 cm³/mol. The molecule has 0 saturated carbocycles. The first kappa shape index (κ1) is 15.8. The Morgan fingerprint density at radius 2 is 1.76 bits per heavy atom. The fourth-order valence-electron chi connectivity index (χ4n) is 1.61. The molecule has 0 radical (unpaired) electrons. The van der Waals surface area contributed by atoms with E-state index in [1.54, 1.807) is 12.1 Å². The highest BCUT2D eigenvalue weighted by Crippen LogP contribution is 2.24. The Bertz CT molecular complexity index is 734. The van der Waals surface area contributed by atoms with Crippen LogP contribution in [-0.4, -0.2) is 17.0 Å². The van der Waals surface area contributed by atoms with Crippen molar-refractivity contribution in [2.45, 2.75) is 0 Å². The van der Waals surface area contributed by atoms with Crippen molar-refractivity contribution in [2.24, 2.45) is 0 Å². The maximum absolute atomic E-state index is 12.1. The van der Waals surface area contributed by atoms with Crippen molar-refractivity contribution in [3.63, 3.8) is 0 Å². The maximum atomic E-state index is 12.1. The average Bonchev–Trinajstić information content (AvgIpc) is 2.43. The molecule has 0 heterocycles. The molecule has 0 saturated heterocycles. The first-order chi connectivity index (χ1) is 9.88. The number of carboxylic acids is 1. The minimum atomic E-state index is -1.09. The van der Waals surface area contributed by atoms with Gasteiger partial charge in [0, 0.05) is 15.7 Å². The van der Waals surface area contributed by atoms with Gasteiger partial charge in [-0.05, 0) is 52.3 Å². The Labute approximate surface area is 138 Å². The number of aromatic carboxylic acids is 1. The van der Waals surface area contributed by atoms with Gasteiger partial charge in [-0.25, -0.2) is 4.79 Å². The lowest BCUT2D eigenvalue weighted by molar-refractivity contribution is 0.0695. The fourth-order valence-corrected chi connectivity index (χ4v) is 2.32. The first-order valence-electron chi connectivity index (χ1n) is 5.67. The normalized spacial score (nSPS) is 10.2. The van der Waals surface area contributed by atoms with Crippen molar-refractivity contribution in [3.05, 3.63) is 62.0 Å². The molecule has 2 rings (SSSR count). The number of anilines is 1. The molecule has 2 N–H and O–H groups in total. The first-order valence-corrected chi connectivity index (χ1v) is 7.22. The second kappa shape index (κ2) is 6.47. The van der Waals surface area contributed by atoms with E-state index in [1.807, 2.05) is 0 Å². The van der Waals surface area contributed by atoms with E-state index in [-0.39, 0.29) is 10.6 Å². The van der Waals surface area contributed by atoms with Crippen molar-refractivity contribution < 1.29 is 14.7 Å². The van der Waals surface area contributed by atoms with Crippen LogP contribution in [-0.2, 0) is 0 Å². The van der Waals surface area contributed by atoms with E-state index in [2.05, 4.69) is 21.2 Å². The number of benzene rings is 2. The summed E-state index contributed by atoms with van der Waals surface area (Å²) in [4.78, 5) is 23.1. The van der Waals surface area contributed by atoms with E-state index in [4.69, 9.17) is 28.3 Å². The molecule has 0 aliphatic rings. The number of halogens is 3. The van der Waals surface area contributed by atoms with Crippen LogP contribution in [0.15, 0.2) is 40.9 Å². The number of carbonyl (C=O) groups excluding carboxylic acids is 1. The highest BCUT2D eigenvalue weighted by Gasteiger charge is 2.12. The lowest BCUT2D eigenvalue weighted by Gasteiger charge is -2.08. The third-order valence-electron chi connectivity index (χ3n) is 2.64. The number of hydrogen-bond acceptors (Lipinski definition) is 2. The van der Waals surface area contributed by atoms with Crippen LogP contribution in [0.2, 0.25) is 10.0 Å². The van der Waals surface area contributed by atoms with Crippen LogP contribution in [0.4, 0.5) is 5.69 Å². The third-order valence-corrected chi connectivity index (χ3v) is 4.07. The van der Waals surface area contributed by atoms with Crippen molar-refractivity contribution in [2.75, 3.05) is 5.32 Å². The van der Waals surface area contributed by atoms with Gasteiger partial charge in [-0.15, -0.1) is 0 Å². The Morgan fingerprint density at radius 1 is 1.05 bits per heavy atom. The van der Waals surface area contributed by atoms with E-state index in [9.17, 15) is 9.59 Å². The highest BCUT2D eigenvalue weighted by atomic mass is 79.9. The van der Waals surface area contributed by atoms with E-state index in [1.165, 1.54) is 24.3 Å². The van der Waals surface area contributed by atoms with Gasteiger partial charge in [-0.3, -0.25) is 4.79 Å². The van der Waals surface area contributed by atoms with Crippen molar-refractivity contribution in [1.29, 1.82) is 0 Å². The van der Waals surface area contributed by atoms with Gasteiger partial charge in [0.2, 0.25) is 0 Å². The van der Waals surface area contributed by atoms with Gasteiger partial charge in [0.25, 0.3) is 5.91 Å². The van der Waals surface area contributed by atoms with Crippen LogP contribution in [0.25, 0.3) is 0 Å². The van der Waals surface area contributed by atoms with Crippen LogP contribution < -0.4 is 5.32 Å². The van der Waals surface area contributed by atoms with Gasteiger partial charge in [0.1, 0.15) is 0 Å². The molecule has 0 fully saturated rings. The van der Waals surface area contributed by atoms with Crippen LogP contribution >= 0.6 is 39.1 Å². The summed E-state index contributed by atoms with van der Waals surface area (Å²) >= 11 is 14.8. The van der Waals surface area contributed by atoms with Gasteiger partial charge in [-0.2, -0.15) is 0 Å². The smallest absolute Gasteiger partial charge is 0.336 e. The molecule has 7 heteroatoms. The molecular formula is C14H8BrCl2NO3. The SMILES string of the molecule is O=C(Nc1ccc(Br)c(C(=O)O)c1)c1ccc(Cl)c(Cl)c1. The topological polar surface area (TPSA) is 66.4 Å². The Kier molecular flexibility index (Phi) is 4.88. The molecule has 0 aromatic heterocycles. The molecule has 0 aliphatic heterocycles. The summed E-state index contributed by atoms with van der Waals surface area (Å²) in [5, 5.41) is 12.3. The summed E-state index contributed by atoms with van der Waals surface area (Å²) in [5.41, 5.74) is 0.748. The van der Waals surface area contributed by atoms with E-state index >= 15 is 0 Å². The van der Waals surface area contributed by atoms with E-state index in [0.717, 1.165) is 0 Å². The molecule has 0 aliphatic carbocycles. The number of carboxylic acid groups (broad SMARTS) is 1. The van der Waals surface area contributed by atoms with Crippen LogP contribution in [0.5, 0.6) is 0 Å². The minimum Gasteiger partial charge on any atom is -0.478 e. The quantitative estimate of drug-likeness (QED) is 0.800. The number of hydrogen-bond donors (Lipinski definition) is 2. The minimum absolute atomic E-state index is 0.0574. The molecule has 2 aromatic rings. The van der Waals surface area contributed by atoms with Crippen LogP contribution in [0.3, 0.4) is 0 Å². The lowest BCUT2D eigenvalue weighted by Crippen LogP contribution is -2.12. The fraction of sp³-hybridized carbons (Fsp3) is 0. The van der Waals surface area contributed by atoms with Gasteiger partial charge in [0.05, 0.1) is 15.6 Å². The van der Waals surface area contributed by atoms with E-state index < -0.39 is 11.9 Å². The summed E-state index contributed by atoms with van der Waals surface area (Å²) in [6.07, 6.45) is 0. The molecule has 21 heavy (non-hydrogen) atoms. The van der Waals surface area contributed by atoms with Gasteiger partial charge >= 0.3 is 5.97 Å². The molecule has 0 bridgehead atoms. The summed E-state index contributed by atoms with van der Waals surface area (Å²) in [6, 6.07) is 8.99.